The van der Waals surface area contributed by atoms with Crippen LogP contribution >= 0.6 is 11.8 Å². The predicted molar refractivity (Wildman–Crippen MR) is 171 cm³/mol. The minimum Gasteiger partial charge on any atom is -0.486 e. The van der Waals surface area contributed by atoms with Crippen molar-refractivity contribution in [2.45, 2.75) is 70.7 Å². The van der Waals surface area contributed by atoms with Crippen molar-refractivity contribution in [3.05, 3.63) is 83.2 Å². The van der Waals surface area contributed by atoms with Crippen molar-refractivity contribution in [1.82, 2.24) is 14.9 Å². The molecule has 42 heavy (non-hydrogen) atoms. The largest absolute Gasteiger partial charge is 0.486 e. The van der Waals surface area contributed by atoms with Crippen LogP contribution < -0.4 is 14.8 Å². The summed E-state index contributed by atoms with van der Waals surface area (Å²) in [4.78, 5) is 27.4. The lowest BCUT2D eigenvalue weighted by Crippen LogP contribution is -2.32. The van der Waals surface area contributed by atoms with Crippen LogP contribution in [0.1, 0.15) is 64.1 Å². The topological polar surface area (TPSA) is 82.4 Å². The Labute approximate surface area is 253 Å². The zero-order valence-electron chi connectivity index (χ0n) is 25.8. The monoisotopic (exact) mass is 587 g/mol. The lowest BCUT2D eigenvalue weighted by molar-refractivity contribution is -0.124. The van der Waals surface area contributed by atoms with Crippen LogP contribution in [0.3, 0.4) is 0 Å². The van der Waals surface area contributed by atoms with Gasteiger partial charge in [0.25, 0.3) is 0 Å². The molecule has 0 radical (unpaired) electrons. The molecule has 0 saturated heterocycles. The molecular formula is C34H41N3O4S. The molecule has 222 valence electrons. The van der Waals surface area contributed by atoms with Crippen LogP contribution in [0, 0.1) is 0 Å². The number of thioether (sulfide) groups is 1. The summed E-state index contributed by atoms with van der Waals surface area (Å²) in [5.74, 6) is 2.80. The van der Waals surface area contributed by atoms with E-state index in [2.05, 4.69) is 65.1 Å². The van der Waals surface area contributed by atoms with Crippen LogP contribution in [-0.4, -0.2) is 33.4 Å². The number of aryl methyl sites for hydroxylation is 1. The molecule has 1 unspecified atom stereocenters. The number of nitrogens with one attached hydrogen (secondary N) is 1. The molecule has 4 aromatic rings. The lowest BCUT2D eigenvalue weighted by Gasteiger charge is -2.26. The number of carbonyl (C=O) groups excluding carboxylic acids is 2. The average Bonchev–Trinajstić information content (AvgIpc) is 3.24. The Morgan fingerprint density at radius 3 is 2.12 bits per heavy atom. The number of rotatable bonds is 10. The van der Waals surface area contributed by atoms with Gasteiger partial charge in [-0.05, 0) is 76.6 Å². The molecule has 0 saturated carbocycles. The standard InChI is InChI=1S/C34H41N3O4S/c1-33(2,3)23-16-24(34(4,5)6)18-27(17-23)41-26-13-14-28-29(19-26)37(7)31(36-28)20-40-25-11-9-22(10-12-25)15-30(42-8)32(39)35-21-38/h9-14,16-19,21,30H,15,20H2,1-8H3,(H,35,38,39). The minimum absolute atomic E-state index is 0.00515. The van der Waals surface area contributed by atoms with Gasteiger partial charge < -0.3 is 14.0 Å². The van der Waals surface area contributed by atoms with E-state index in [1.165, 1.54) is 22.9 Å². The third-order valence-electron chi connectivity index (χ3n) is 7.31. The summed E-state index contributed by atoms with van der Waals surface area (Å²) in [7, 11) is 1.98. The van der Waals surface area contributed by atoms with Crippen LogP contribution in [0.5, 0.6) is 17.2 Å². The zero-order valence-corrected chi connectivity index (χ0v) is 26.6. The van der Waals surface area contributed by atoms with Crippen molar-refractivity contribution in [3.63, 3.8) is 0 Å². The first kappa shape index (κ1) is 31.2. The van der Waals surface area contributed by atoms with E-state index >= 15 is 0 Å². The van der Waals surface area contributed by atoms with Crippen molar-refractivity contribution < 1.29 is 19.1 Å². The van der Waals surface area contributed by atoms with Gasteiger partial charge in [0.1, 0.15) is 29.7 Å². The fourth-order valence-corrected chi connectivity index (χ4v) is 5.23. The minimum atomic E-state index is -0.334. The maximum absolute atomic E-state index is 12.0. The second-order valence-corrected chi connectivity index (χ2v) is 13.6. The third kappa shape index (κ3) is 7.53. The molecule has 4 rings (SSSR count). The molecular weight excluding hydrogens is 546 g/mol. The van der Waals surface area contributed by atoms with E-state index in [4.69, 9.17) is 14.5 Å². The molecule has 0 bridgehead atoms. The molecule has 0 aliphatic heterocycles. The third-order valence-corrected chi connectivity index (χ3v) is 8.26. The Kier molecular flexibility index (Phi) is 9.36. The first-order chi connectivity index (χ1) is 19.8. The normalized spacial score (nSPS) is 12.7. The highest BCUT2D eigenvalue weighted by Gasteiger charge is 2.22. The highest BCUT2D eigenvalue weighted by molar-refractivity contribution is 7.99. The SMILES string of the molecule is CSC(Cc1ccc(OCc2nc3ccc(Oc4cc(C(C)(C)C)cc(C(C)(C)C)c4)cc3n2C)cc1)C(=O)NC=O. The Balaban J connectivity index is 1.48. The summed E-state index contributed by atoms with van der Waals surface area (Å²) in [6, 6.07) is 20.1. The number of benzene rings is 3. The summed E-state index contributed by atoms with van der Waals surface area (Å²) in [5.41, 5.74) is 5.31. The molecule has 1 atom stereocenters. The predicted octanol–water partition coefficient (Wildman–Crippen LogP) is 7.09. The molecule has 2 amide bonds. The first-order valence-corrected chi connectivity index (χ1v) is 15.3. The molecule has 1 heterocycles. The maximum Gasteiger partial charge on any atom is 0.239 e. The van der Waals surface area contributed by atoms with E-state index < -0.39 is 0 Å². The van der Waals surface area contributed by atoms with Crippen molar-refractivity contribution in [3.8, 4) is 17.2 Å². The number of carbonyl (C=O) groups is 2. The second-order valence-electron chi connectivity index (χ2n) is 12.6. The number of hydrogen-bond acceptors (Lipinski definition) is 6. The molecule has 0 spiro atoms. The maximum atomic E-state index is 12.0. The highest BCUT2D eigenvalue weighted by atomic mass is 32.2. The van der Waals surface area contributed by atoms with Gasteiger partial charge in [0, 0.05) is 13.1 Å². The Morgan fingerprint density at radius 1 is 0.929 bits per heavy atom. The lowest BCUT2D eigenvalue weighted by atomic mass is 9.80. The molecule has 1 N–H and O–H groups in total. The van der Waals surface area contributed by atoms with E-state index in [0.29, 0.717) is 25.2 Å². The Hall–Kier alpha value is -3.78. The summed E-state index contributed by atoms with van der Waals surface area (Å²) in [6.07, 6.45) is 2.80. The van der Waals surface area contributed by atoms with E-state index in [0.717, 1.165) is 33.9 Å². The zero-order chi connectivity index (χ0) is 30.7. The van der Waals surface area contributed by atoms with Crippen LogP contribution in [0.2, 0.25) is 0 Å². The molecule has 1 aromatic heterocycles. The second kappa shape index (κ2) is 12.6. The van der Waals surface area contributed by atoms with Crippen molar-refractivity contribution in [2.75, 3.05) is 6.26 Å². The number of imidazole rings is 1. The summed E-state index contributed by atoms with van der Waals surface area (Å²) in [6.45, 7) is 13.6. The summed E-state index contributed by atoms with van der Waals surface area (Å²) in [5, 5.41) is 1.90. The Morgan fingerprint density at radius 2 is 1.55 bits per heavy atom. The van der Waals surface area contributed by atoms with Gasteiger partial charge in [0.2, 0.25) is 12.3 Å². The number of fused-ring (bicyclic) bond motifs is 1. The van der Waals surface area contributed by atoms with E-state index in [-0.39, 0.29) is 22.0 Å². The van der Waals surface area contributed by atoms with Gasteiger partial charge in [-0.1, -0.05) is 59.7 Å². The Bertz CT molecular complexity index is 1530. The molecule has 8 heteroatoms. The number of nitrogens with zero attached hydrogens (tertiary/aromatic N) is 2. The van der Waals surface area contributed by atoms with Crippen LogP contribution in [0.25, 0.3) is 11.0 Å². The fourth-order valence-electron chi connectivity index (χ4n) is 4.59. The highest BCUT2D eigenvalue weighted by Crippen LogP contribution is 2.35. The van der Waals surface area contributed by atoms with E-state index in [1.54, 1.807) is 0 Å². The summed E-state index contributed by atoms with van der Waals surface area (Å²) >= 11 is 1.41. The van der Waals surface area contributed by atoms with Gasteiger partial charge in [-0.2, -0.15) is 11.8 Å². The molecule has 7 nitrogen and oxygen atoms in total. The number of amides is 2. The van der Waals surface area contributed by atoms with Crippen molar-refractivity contribution in [2.24, 2.45) is 7.05 Å². The van der Waals surface area contributed by atoms with Gasteiger partial charge in [-0.15, -0.1) is 0 Å². The van der Waals surface area contributed by atoms with Gasteiger partial charge in [0.15, 0.2) is 0 Å². The van der Waals surface area contributed by atoms with Crippen LogP contribution in [0.15, 0.2) is 60.7 Å². The number of imide groups is 1. The summed E-state index contributed by atoms with van der Waals surface area (Å²) < 4.78 is 14.5. The molecule has 0 fully saturated rings. The van der Waals surface area contributed by atoms with Crippen molar-refractivity contribution >= 4 is 35.1 Å². The molecule has 0 aliphatic rings. The van der Waals surface area contributed by atoms with Gasteiger partial charge in [-0.25, -0.2) is 4.98 Å². The van der Waals surface area contributed by atoms with E-state index in [1.807, 2.05) is 60.3 Å². The molecule has 3 aromatic carbocycles. The van der Waals surface area contributed by atoms with E-state index in [9.17, 15) is 9.59 Å². The first-order valence-electron chi connectivity index (χ1n) is 14.1. The number of ether oxygens (including phenoxy) is 2. The smallest absolute Gasteiger partial charge is 0.239 e. The van der Waals surface area contributed by atoms with Gasteiger partial charge in [-0.3, -0.25) is 14.9 Å². The van der Waals surface area contributed by atoms with Crippen molar-refractivity contribution in [1.29, 1.82) is 0 Å². The van der Waals surface area contributed by atoms with Gasteiger partial charge in [0.05, 0.1) is 16.3 Å². The fraction of sp³-hybridized carbons (Fsp3) is 0.382. The number of aromatic nitrogens is 2. The quantitative estimate of drug-likeness (QED) is 0.200. The van der Waals surface area contributed by atoms with Gasteiger partial charge >= 0.3 is 0 Å². The average molecular weight is 588 g/mol. The van der Waals surface area contributed by atoms with Crippen LogP contribution in [0.4, 0.5) is 0 Å². The number of hydrogen-bond donors (Lipinski definition) is 1. The van der Waals surface area contributed by atoms with Crippen LogP contribution in [-0.2, 0) is 40.5 Å². The molecule has 0 aliphatic carbocycles.